The Bertz CT molecular complexity index is 531. The van der Waals surface area contributed by atoms with Gasteiger partial charge >= 0.3 is 0 Å². The van der Waals surface area contributed by atoms with Crippen LogP contribution >= 0.6 is 27.7 Å². The van der Waals surface area contributed by atoms with Crippen molar-refractivity contribution in [2.75, 3.05) is 17.0 Å². The fourth-order valence-electron chi connectivity index (χ4n) is 1.37. The second kappa shape index (κ2) is 6.03. The molecule has 0 unspecified atom stereocenters. The summed E-state index contributed by atoms with van der Waals surface area (Å²) < 4.78 is 0.696. The van der Waals surface area contributed by atoms with Crippen molar-refractivity contribution < 1.29 is 0 Å². The van der Waals surface area contributed by atoms with Crippen molar-refractivity contribution in [2.24, 2.45) is 5.84 Å². The van der Waals surface area contributed by atoms with Gasteiger partial charge in [0.2, 0.25) is 0 Å². The van der Waals surface area contributed by atoms with Crippen LogP contribution in [0.15, 0.2) is 40.0 Å². The van der Waals surface area contributed by atoms with E-state index in [-0.39, 0.29) is 0 Å². The molecule has 0 spiro atoms. The van der Waals surface area contributed by atoms with Gasteiger partial charge in [0.25, 0.3) is 0 Å². The Morgan fingerprint density at radius 2 is 1.83 bits per heavy atom. The van der Waals surface area contributed by atoms with Crippen molar-refractivity contribution in [1.82, 2.24) is 9.97 Å². The number of benzene rings is 1. The van der Waals surface area contributed by atoms with Crippen molar-refractivity contribution in [1.29, 1.82) is 0 Å². The van der Waals surface area contributed by atoms with Gasteiger partial charge in [-0.3, -0.25) is 0 Å². The molecule has 0 bridgehead atoms. The summed E-state index contributed by atoms with van der Waals surface area (Å²) in [5.41, 5.74) is 3.45. The smallest absolute Gasteiger partial charge is 0.159 e. The molecule has 94 valence electrons. The molecule has 0 aliphatic carbocycles. The first kappa shape index (κ1) is 13.1. The summed E-state index contributed by atoms with van der Waals surface area (Å²) in [6.07, 6.45) is 3.49. The maximum absolute atomic E-state index is 5.35. The zero-order chi connectivity index (χ0) is 13.0. The van der Waals surface area contributed by atoms with Gasteiger partial charge in [-0.1, -0.05) is 0 Å². The van der Waals surface area contributed by atoms with Gasteiger partial charge in [0, 0.05) is 10.6 Å². The fraction of sp³-hybridized carbons (Fsp3) is 0.0909. The van der Waals surface area contributed by atoms with E-state index < -0.39 is 0 Å². The maximum atomic E-state index is 5.35. The van der Waals surface area contributed by atoms with Crippen molar-refractivity contribution in [2.45, 2.75) is 4.90 Å². The van der Waals surface area contributed by atoms with Gasteiger partial charge in [-0.2, -0.15) is 0 Å². The molecule has 0 aliphatic heterocycles. The van der Waals surface area contributed by atoms with Gasteiger partial charge in [0.05, 0.1) is 0 Å². The van der Waals surface area contributed by atoms with Gasteiger partial charge in [0.15, 0.2) is 5.82 Å². The molecule has 0 saturated carbocycles. The highest BCUT2D eigenvalue weighted by molar-refractivity contribution is 9.10. The summed E-state index contributed by atoms with van der Waals surface area (Å²) in [6.45, 7) is 0. The number of rotatable bonds is 4. The molecular weight excluding hydrogens is 314 g/mol. The summed E-state index contributed by atoms with van der Waals surface area (Å²) in [4.78, 5) is 9.36. The Balaban J connectivity index is 2.22. The molecule has 2 rings (SSSR count). The largest absolute Gasteiger partial charge is 0.339 e. The topological polar surface area (TPSA) is 75.9 Å². The van der Waals surface area contributed by atoms with E-state index in [1.807, 2.05) is 30.5 Å². The monoisotopic (exact) mass is 325 g/mol. The van der Waals surface area contributed by atoms with Gasteiger partial charge in [-0.05, 0) is 46.5 Å². The molecule has 0 amide bonds. The highest BCUT2D eigenvalue weighted by atomic mass is 79.9. The van der Waals surface area contributed by atoms with Crippen LogP contribution in [0.25, 0.3) is 0 Å². The minimum Gasteiger partial charge on any atom is -0.339 e. The number of nitrogens with one attached hydrogen (secondary N) is 2. The Morgan fingerprint density at radius 1 is 1.17 bits per heavy atom. The molecule has 0 aliphatic rings. The van der Waals surface area contributed by atoms with Crippen LogP contribution in [0.5, 0.6) is 0 Å². The van der Waals surface area contributed by atoms with Crippen LogP contribution in [0, 0.1) is 0 Å². The Hall–Kier alpha value is -1.31. The highest BCUT2D eigenvalue weighted by Crippen LogP contribution is 2.28. The van der Waals surface area contributed by atoms with E-state index in [2.05, 4.69) is 36.6 Å². The summed E-state index contributed by atoms with van der Waals surface area (Å²) in [7, 11) is 0. The molecule has 0 fully saturated rings. The van der Waals surface area contributed by atoms with Gasteiger partial charge in [-0.25, -0.2) is 15.8 Å². The fourth-order valence-corrected chi connectivity index (χ4v) is 2.20. The van der Waals surface area contributed by atoms with E-state index in [0.717, 1.165) is 5.69 Å². The zero-order valence-corrected chi connectivity index (χ0v) is 12.0. The van der Waals surface area contributed by atoms with E-state index in [0.29, 0.717) is 16.1 Å². The van der Waals surface area contributed by atoms with Crippen LogP contribution in [0.4, 0.5) is 17.3 Å². The van der Waals surface area contributed by atoms with Crippen LogP contribution < -0.4 is 16.6 Å². The number of hydrogen-bond acceptors (Lipinski definition) is 6. The quantitative estimate of drug-likeness (QED) is 0.456. The molecule has 0 saturated heterocycles. The molecule has 1 heterocycles. The number of anilines is 3. The van der Waals surface area contributed by atoms with E-state index in [9.17, 15) is 0 Å². The van der Waals surface area contributed by atoms with E-state index in [1.54, 1.807) is 11.8 Å². The molecule has 7 heteroatoms. The number of nitrogens with zero attached hydrogens (tertiary/aromatic N) is 2. The van der Waals surface area contributed by atoms with Crippen LogP contribution in [0.2, 0.25) is 0 Å². The lowest BCUT2D eigenvalue weighted by Gasteiger charge is -2.10. The molecule has 2 aromatic rings. The number of aromatic nitrogens is 2. The lowest BCUT2D eigenvalue weighted by Crippen LogP contribution is -2.10. The number of thioether (sulfide) groups is 1. The molecule has 1 aromatic heterocycles. The van der Waals surface area contributed by atoms with Crippen LogP contribution in [0.1, 0.15) is 0 Å². The normalized spacial score (nSPS) is 10.2. The Labute approximate surface area is 118 Å². The number of nitrogens with two attached hydrogens (primary N) is 1. The van der Waals surface area contributed by atoms with E-state index >= 15 is 0 Å². The number of halogens is 1. The molecular formula is C11H12BrN5S. The second-order valence-electron chi connectivity index (χ2n) is 3.38. The molecule has 18 heavy (non-hydrogen) atoms. The van der Waals surface area contributed by atoms with Crippen molar-refractivity contribution in [3.63, 3.8) is 0 Å². The predicted molar refractivity (Wildman–Crippen MR) is 79.0 cm³/mol. The molecule has 0 radical (unpaired) electrons. The minimum absolute atomic E-state index is 0.535. The summed E-state index contributed by atoms with van der Waals surface area (Å²) in [6, 6.07) is 8.08. The summed E-state index contributed by atoms with van der Waals surface area (Å²) in [5.74, 6) is 6.55. The standard InChI is InChI=1S/C11H12BrN5S/c1-18-8-4-2-7(3-5-8)16-10-9(12)11(17-13)15-6-14-10/h2-6H,13H2,1H3,(H2,14,15,16,17). The lowest BCUT2D eigenvalue weighted by molar-refractivity contribution is 1.12. The Morgan fingerprint density at radius 3 is 2.44 bits per heavy atom. The molecule has 5 nitrogen and oxygen atoms in total. The van der Waals surface area contributed by atoms with Crippen LogP contribution in [0.3, 0.4) is 0 Å². The predicted octanol–water partition coefficient (Wildman–Crippen LogP) is 2.99. The zero-order valence-electron chi connectivity index (χ0n) is 9.64. The van der Waals surface area contributed by atoms with E-state index in [4.69, 9.17) is 5.84 Å². The maximum Gasteiger partial charge on any atom is 0.159 e. The van der Waals surface area contributed by atoms with Crippen molar-refractivity contribution in [3.05, 3.63) is 35.1 Å². The average Bonchev–Trinajstić information content (AvgIpc) is 2.42. The molecule has 1 aromatic carbocycles. The van der Waals surface area contributed by atoms with Gasteiger partial charge in [-0.15, -0.1) is 11.8 Å². The molecule has 0 atom stereocenters. The Kier molecular flexibility index (Phi) is 4.40. The van der Waals surface area contributed by atoms with Crippen molar-refractivity contribution in [3.8, 4) is 0 Å². The highest BCUT2D eigenvalue weighted by Gasteiger charge is 2.07. The average molecular weight is 326 g/mol. The number of hydrazine groups is 1. The van der Waals surface area contributed by atoms with Crippen LogP contribution in [-0.4, -0.2) is 16.2 Å². The third-order valence-corrected chi connectivity index (χ3v) is 3.77. The van der Waals surface area contributed by atoms with Crippen molar-refractivity contribution >= 4 is 45.0 Å². The summed E-state index contributed by atoms with van der Waals surface area (Å²) in [5, 5.41) is 3.20. The summed E-state index contributed by atoms with van der Waals surface area (Å²) >= 11 is 5.10. The number of hydrogen-bond donors (Lipinski definition) is 3. The minimum atomic E-state index is 0.535. The first-order valence-corrected chi connectivity index (χ1v) is 7.14. The van der Waals surface area contributed by atoms with Gasteiger partial charge < -0.3 is 10.7 Å². The molecule has 4 N–H and O–H groups in total. The lowest BCUT2D eigenvalue weighted by atomic mass is 10.3. The first-order valence-electron chi connectivity index (χ1n) is 5.13. The third kappa shape index (κ3) is 2.92. The van der Waals surface area contributed by atoms with Crippen LogP contribution in [-0.2, 0) is 0 Å². The second-order valence-corrected chi connectivity index (χ2v) is 5.06. The number of nitrogen functional groups attached to an aromatic ring is 1. The first-order chi connectivity index (χ1) is 8.74. The third-order valence-electron chi connectivity index (χ3n) is 2.28. The SMILES string of the molecule is CSc1ccc(Nc2ncnc(NN)c2Br)cc1. The van der Waals surface area contributed by atoms with Gasteiger partial charge in [0.1, 0.15) is 16.6 Å². The van der Waals surface area contributed by atoms with E-state index in [1.165, 1.54) is 11.2 Å².